The molecule has 2 N–H and O–H groups in total. The summed E-state index contributed by atoms with van der Waals surface area (Å²) in [6, 6.07) is 11.4. The minimum absolute atomic E-state index is 0.125. The van der Waals surface area contributed by atoms with E-state index in [1.165, 1.54) is 12.1 Å². The van der Waals surface area contributed by atoms with Gasteiger partial charge in [0, 0.05) is 15.8 Å². The second-order valence-electron chi connectivity index (χ2n) is 4.66. The molecule has 3 rings (SSSR count). The van der Waals surface area contributed by atoms with Gasteiger partial charge in [-0.25, -0.2) is 8.42 Å². The molecule has 1 heterocycles. The number of benzene rings is 2. The fourth-order valence-corrected chi connectivity index (χ4v) is 3.48. The molecule has 0 bridgehead atoms. The van der Waals surface area contributed by atoms with Crippen LogP contribution in [0.4, 0.5) is 11.4 Å². The van der Waals surface area contributed by atoms with Gasteiger partial charge in [-0.15, -0.1) is 0 Å². The summed E-state index contributed by atoms with van der Waals surface area (Å²) in [5.74, 6) is -0.125. The highest BCUT2D eigenvalue weighted by atomic mass is 79.9. The third-order valence-electron chi connectivity index (χ3n) is 3.11. The Kier molecular flexibility index (Phi) is 3.46. The maximum absolute atomic E-state index is 12.3. The topological polar surface area (TPSA) is 75.3 Å². The van der Waals surface area contributed by atoms with E-state index in [4.69, 9.17) is 0 Å². The average molecular weight is 367 g/mol. The van der Waals surface area contributed by atoms with E-state index in [2.05, 4.69) is 26.0 Å². The molecule has 0 unspecified atom stereocenters. The number of sulfonamides is 1. The third kappa shape index (κ3) is 2.93. The van der Waals surface area contributed by atoms with E-state index < -0.39 is 10.0 Å². The molecular weight excluding hydrogens is 356 g/mol. The minimum atomic E-state index is -3.67. The van der Waals surface area contributed by atoms with Gasteiger partial charge < -0.3 is 5.32 Å². The zero-order valence-corrected chi connectivity index (χ0v) is 13.2. The van der Waals surface area contributed by atoms with E-state index in [1.54, 1.807) is 30.3 Å². The van der Waals surface area contributed by atoms with Gasteiger partial charge in [0.05, 0.1) is 11.3 Å². The predicted octanol–water partition coefficient (Wildman–Crippen LogP) is 2.74. The molecule has 0 aliphatic carbocycles. The quantitative estimate of drug-likeness (QED) is 0.876. The number of fused-ring (bicyclic) bond motifs is 1. The van der Waals surface area contributed by atoms with E-state index in [1.807, 2.05) is 0 Å². The van der Waals surface area contributed by atoms with Gasteiger partial charge in [0.2, 0.25) is 5.91 Å². The lowest BCUT2D eigenvalue weighted by atomic mass is 10.2. The number of amides is 1. The molecule has 0 fully saturated rings. The van der Waals surface area contributed by atoms with Crippen molar-refractivity contribution in [3.05, 3.63) is 52.5 Å². The Bertz CT molecular complexity index is 817. The highest BCUT2D eigenvalue weighted by Crippen LogP contribution is 2.27. The van der Waals surface area contributed by atoms with Crippen LogP contribution < -0.4 is 10.0 Å². The molecule has 2 aromatic rings. The summed E-state index contributed by atoms with van der Waals surface area (Å²) in [4.78, 5) is 11.4. The van der Waals surface area contributed by atoms with E-state index in [9.17, 15) is 13.2 Å². The van der Waals surface area contributed by atoms with Gasteiger partial charge in [0.1, 0.15) is 0 Å². The lowest BCUT2D eigenvalue weighted by Crippen LogP contribution is -2.13. The molecule has 1 aliphatic rings. The maximum atomic E-state index is 12.3. The predicted molar refractivity (Wildman–Crippen MR) is 83.7 cm³/mol. The van der Waals surface area contributed by atoms with Crippen molar-refractivity contribution in [3.63, 3.8) is 0 Å². The van der Waals surface area contributed by atoms with Crippen molar-refractivity contribution < 1.29 is 13.2 Å². The normalized spacial score (nSPS) is 13.7. The van der Waals surface area contributed by atoms with Crippen LogP contribution in [0.25, 0.3) is 0 Å². The summed E-state index contributed by atoms with van der Waals surface area (Å²) in [6.07, 6.45) is 0.205. The highest BCUT2D eigenvalue weighted by Gasteiger charge is 2.21. The van der Waals surface area contributed by atoms with Crippen LogP contribution in [0.5, 0.6) is 0 Å². The number of hydrogen-bond donors (Lipinski definition) is 2. The number of anilines is 2. The van der Waals surface area contributed by atoms with Crippen molar-refractivity contribution in [3.8, 4) is 0 Å². The molecule has 108 valence electrons. The average Bonchev–Trinajstić information content (AvgIpc) is 2.80. The van der Waals surface area contributed by atoms with Crippen molar-refractivity contribution in [1.82, 2.24) is 0 Å². The van der Waals surface area contributed by atoms with Gasteiger partial charge in [-0.3, -0.25) is 9.52 Å². The Morgan fingerprint density at radius 3 is 2.52 bits per heavy atom. The zero-order chi connectivity index (χ0) is 15.0. The largest absolute Gasteiger partial charge is 0.326 e. The molecule has 0 spiro atoms. The number of carbonyl (C=O) groups excluding carboxylic acids is 1. The smallest absolute Gasteiger partial charge is 0.261 e. The molecule has 21 heavy (non-hydrogen) atoms. The summed E-state index contributed by atoms with van der Waals surface area (Å²) in [6.45, 7) is 0. The number of carbonyl (C=O) groups is 1. The number of halogens is 1. The molecule has 7 heteroatoms. The van der Waals surface area contributed by atoms with Crippen molar-refractivity contribution >= 4 is 43.2 Å². The van der Waals surface area contributed by atoms with Gasteiger partial charge in [-0.05, 0) is 48.0 Å². The molecule has 0 saturated carbocycles. The fourth-order valence-electron chi connectivity index (χ4n) is 2.10. The summed E-state index contributed by atoms with van der Waals surface area (Å²) in [5, 5.41) is 2.67. The first-order valence-corrected chi connectivity index (χ1v) is 8.43. The summed E-state index contributed by atoms with van der Waals surface area (Å²) >= 11 is 3.29. The first-order chi connectivity index (χ1) is 9.94. The molecule has 1 amide bonds. The van der Waals surface area contributed by atoms with Crippen molar-refractivity contribution in [2.24, 2.45) is 0 Å². The van der Waals surface area contributed by atoms with Gasteiger partial charge in [0.15, 0.2) is 0 Å². The Morgan fingerprint density at radius 1 is 1.10 bits per heavy atom. The lowest BCUT2D eigenvalue weighted by molar-refractivity contribution is -0.115. The van der Waals surface area contributed by atoms with Crippen LogP contribution in [-0.4, -0.2) is 14.3 Å². The zero-order valence-electron chi connectivity index (χ0n) is 10.8. The molecular formula is C14H11BrN2O3S. The molecule has 0 atom stereocenters. The van der Waals surface area contributed by atoms with Crippen LogP contribution >= 0.6 is 15.9 Å². The van der Waals surface area contributed by atoms with Crippen molar-refractivity contribution in [2.75, 3.05) is 10.0 Å². The van der Waals surface area contributed by atoms with Crippen LogP contribution in [0.1, 0.15) is 5.56 Å². The monoisotopic (exact) mass is 366 g/mol. The Hall–Kier alpha value is -1.86. The van der Waals surface area contributed by atoms with Crippen LogP contribution in [0.15, 0.2) is 51.8 Å². The highest BCUT2D eigenvalue weighted by molar-refractivity contribution is 9.10. The molecule has 0 radical (unpaired) electrons. The second kappa shape index (κ2) is 5.16. The minimum Gasteiger partial charge on any atom is -0.326 e. The molecule has 2 aromatic carbocycles. The van der Waals surface area contributed by atoms with Gasteiger partial charge >= 0.3 is 0 Å². The molecule has 1 aliphatic heterocycles. The van der Waals surface area contributed by atoms with E-state index in [-0.39, 0.29) is 17.2 Å². The van der Waals surface area contributed by atoms with Crippen molar-refractivity contribution in [2.45, 2.75) is 11.3 Å². The number of nitrogens with one attached hydrogen (secondary N) is 2. The first-order valence-electron chi connectivity index (χ1n) is 6.15. The Balaban J connectivity index is 1.90. The van der Waals surface area contributed by atoms with Gasteiger partial charge in [-0.1, -0.05) is 15.9 Å². The van der Waals surface area contributed by atoms with Gasteiger partial charge in [-0.2, -0.15) is 0 Å². The summed E-state index contributed by atoms with van der Waals surface area (Å²) in [5.41, 5.74) is 1.84. The van der Waals surface area contributed by atoms with Crippen molar-refractivity contribution in [1.29, 1.82) is 0 Å². The fraction of sp³-hybridized carbons (Fsp3) is 0.0714. The molecule has 0 saturated heterocycles. The van der Waals surface area contributed by atoms with Crippen LogP contribution in [0, 0.1) is 0 Å². The van der Waals surface area contributed by atoms with Crippen LogP contribution in [0.3, 0.4) is 0 Å². The number of hydrogen-bond acceptors (Lipinski definition) is 3. The summed E-state index contributed by atoms with van der Waals surface area (Å²) < 4.78 is 28.1. The van der Waals surface area contributed by atoms with Crippen LogP contribution in [-0.2, 0) is 21.2 Å². The standard InChI is InChI=1S/C14H11BrN2O3S/c15-10-1-3-11(4-2-10)17-21(19,20)12-5-6-13-9(7-12)8-14(18)16-13/h1-7,17H,8H2,(H,16,18). The molecule has 5 nitrogen and oxygen atoms in total. The van der Waals surface area contributed by atoms with E-state index in [0.29, 0.717) is 16.9 Å². The Morgan fingerprint density at radius 2 is 1.81 bits per heavy atom. The van der Waals surface area contributed by atoms with Gasteiger partial charge in [0.25, 0.3) is 10.0 Å². The second-order valence-corrected chi connectivity index (χ2v) is 7.25. The first kappa shape index (κ1) is 14.1. The summed E-state index contributed by atoms with van der Waals surface area (Å²) in [7, 11) is -3.67. The SMILES string of the molecule is O=C1Cc2cc(S(=O)(=O)Nc3ccc(Br)cc3)ccc2N1. The van der Waals surface area contributed by atoms with E-state index in [0.717, 1.165) is 4.47 Å². The Labute approximate surface area is 130 Å². The number of rotatable bonds is 3. The van der Waals surface area contributed by atoms with E-state index >= 15 is 0 Å². The van der Waals surface area contributed by atoms with Crippen LogP contribution in [0.2, 0.25) is 0 Å². The third-order valence-corrected chi connectivity index (χ3v) is 5.02. The maximum Gasteiger partial charge on any atom is 0.261 e. The lowest BCUT2D eigenvalue weighted by Gasteiger charge is -2.09. The molecule has 0 aromatic heterocycles.